The van der Waals surface area contributed by atoms with Crippen molar-refractivity contribution in [1.29, 1.82) is 0 Å². The summed E-state index contributed by atoms with van der Waals surface area (Å²) in [5.74, 6) is -1.08. The molecule has 0 radical (unpaired) electrons. The molecule has 2 N–H and O–H groups in total. The second-order valence-electron chi connectivity index (χ2n) is 2.80. The number of rotatable bonds is 2. The summed E-state index contributed by atoms with van der Waals surface area (Å²) in [6.07, 6.45) is -4.85. The molecule has 0 atom stereocenters. The minimum absolute atomic E-state index is 0.224. The number of benzene rings is 1. The van der Waals surface area contributed by atoms with Gasteiger partial charge < -0.3 is 10.5 Å². The molecule has 1 aromatic rings. The van der Waals surface area contributed by atoms with Gasteiger partial charge in [0, 0.05) is 17.3 Å². The Hall–Kier alpha value is -1.24. The Morgan fingerprint density at radius 3 is 2.12 bits per heavy atom. The van der Waals surface area contributed by atoms with Gasteiger partial charge in [0.2, 0.25) is 0 Å². The van der Waals surface area contributed by atoms with Crippen molar-refractivity contribution in [3.63, 3.8) is 0 Å². The molecule has 0 spiro atoms. The Kier molecular flexibility index (Phi) is 3.18. The van der Waals surface area contributed by atoms with Gasteiger partial charge in [0.25, 0.3) is 0 Å². The maximum Gasteiger partial charge on any atom is 0.487 e. The van der Waals surface area contributed by atoms with Gasteiger partial charge in [0.05, 0.1) is 5.56 Å². The minimum Gasteiger partial charge on any atom is -0.419 e. The van der Waals surface area contributed by atoms with E-state index in [1.807, 2.05) is 0 Å². The predicted molar refractivity (Wildman–Crippen MR) is 47.3 cm³/mol. The van der Waals surface area contributed by atoms with Crippen LogP contribution in [0.25, 0.3) is 0 Å². The molecule has 2 nitrogen and oxygen atoms in total. The van der Waals surface area contributed by atoms with Gasteiger partial charge in [-0.15, -0.1) is 8.78 Å². The third kappa shape index (κ3) is 3.41. The maximum atomic E-state index is 12.4. The molecule has 16 heavy (non-hydrogen) atoms. The van der Waals surface area contributed by atoms with Gasteiger partial charge in [0.15, 0.2) is 0 Å². The van der Waals surface area contributed by atoms with Crippen LogP contribution in [0.4, 0.5) is 27.6 Å². The fourth-order valence-electron chi connectivity index (χ4n) is 0.983. The summed E-state index contributed by atoms with van der Waals surface area (Å²) in [5.41, 5.74) is -0.734. The molecule has 8 heteroatoms. The van der Waals surface area contributed by atoms with E-state index in [2.05, 4.69) is 16.3 Å². The van der Waals surface area contributed by atoms with Gasteiger partial charge in [-0.25, -0.2) is 0 Å². The van der Waals surface area contributed by atoms with Crippen LogP contribution in [0.15, 0.2) is 18.2 Å². The van der Waals surface area contributed by atoms with Gasteiger partial charge in [-0.3, -0.25) is 0 Å². The highest BCUT2D eigenvalue weighted by atomic mass is 35.5. The first kappa shape index (κ1) is 12.8. The summed E-state index contributed by atoms with van der Waals surface area (Å²) in [7, 11) is 0. The number of ether oxygens (including phenoxy) is 1. The largest absolute Gasteiger partial charge is 0.487 e. The van der Waals surface area contributed by atoms with E-state index in [0.717, 1.165) is 6.07 Å². The van der Waals surface area contributed by atoms with E-state index in [9.17, 15) is 22.0 Å². The van der Waals surface area contributed by atoms with Gasteiger partial charge in [0.1, 0.15) is 5.75 Å². The van der Waals surface area contributed by atoms with E-state index < -0.39 is 23.1 Å². The SMILES string of the molecule is Nc1ccc(OC(F)(F)Cl)c(C(F)(F)F)c1. The molecule has 0 aliphatic carbocycles. The zero-order valence-corrected chi connectivity index (χ0v) is 8.24. The average molecular weight is 262 g/mol. The molecule has 0 amide bonds. The molecule has 0 saturated heterocycles. The van der Waals surface area contributed by atoms with Crippen LogP contribution < -0.4 is 10.5 Å². The van der Waals surface area contributed by atoms with Crippen LogP contribution in [-0.2, 0) is 6.18 Å². The molecule has 0 aliphatic rings. The minimum atomic E-state index is -4.85. The van der Waals surface area contributed by atoms with Crippen molar-refractivity contribution in [2.45, 2.75) is 11.7 Å². The van der Waals surface area contributed by atoms with Crippen molar-refractivity contribution in [3.05, 3.63) is 23.8 Å². The van der Waals surface area contributed by atoms with Crippen molar-refractivity contribution in [2.75, 3.05) is 5.73 Å². The van der Waals surface area contributed by atoms with Gasteiger partial charge in [-0.2, -0.15) is 13.2 Å². The number of halogens is 6. The number of nitrogen functional groups attached to an aromatic ring is 1. The van der Waals surface area contributed by atoms with Crippen LogP contribution in [0.1, 0.15) is 5.56 Å². The highest BCUT2D eigenvalue weighted by Crippen LogP contribution is 2.39. The van der Waals surface area contributed by atoms with Crippen molar-refractivity contribution in [2.24, 2.45) is 0 Å². The van der Waals surface area contributed by atoms with Crippen molar-refractivity contribution in [3.8, 4) is 5.75 Å². The van der Waals surface area contributed by atoms with E-state index >= 15 is 0 Å². The zero-order chi connectivity index (χ0) is 12.6. The lowest BCUT2D eigenvalue weighted by molar-refractivity contribution is -0.145. The highest BCUT2D eigenvalue weighted by Gasteiger charge is 2.38. The number of alkyl halides is 6. The highest BCUT2D eigenvalue weighted by molar-refractivity contribution is 6.20. The molecule has 0 heterocycles. The maximum absolute atomic E-state index is 12.4. The summed E-state index contributed by atoms with van der Waals surface area (Å²) in [6, 6.07) is 2.15. The third-order valence-corrected chi connectivity index (χ3v) is 1.61. The van der Waals surface area contributed by atoms with E-state index in [1.165, 1.54) is 0 Å². The van der Waals surface area contributed by atoms with Crippen LogP contribution in [-0.4, -0.2) is 5.57 Å². The fraction of sp³-hybridized carbons (Fsp3) is 0.250. The molecule has 1 aromatic carbocycles. The first-order chi connectivity index (χ1) is 7.09. The lowest BCUT2D eigenvalue weighted by Gasteiger charge is -2.16. The van der Waals surface area contributed by atoms with Crippen LogP contribution in [0, 0.1) is 0 Å². The second kappa shape index (κ2) is 3.97. The van der Waals surface area contributed by atoms with E-state index in [4.69, 9.17) is 5.73 Å². The lowest BCUT2D eigenvalue weighted by Crippen LogP contribution is -2.19. The molecule has 0 fully saturated rings. The van der Waals surface area contributed by atoms with Crippen molar-refractivity contribution >= 4 is 17.3 Å². The topological polar surface area (TPSA) is 35.2 Å². The molecule has 0 saturated carbocycles. The van der Waals surface area contributed by atoms with E-state index in [-0.39, 0.29) is 5.69 Å². The van der Waals surface area contributed by atoms with Gasteiger partial charge >= 0.3 is 11.7 Å². The van der Waals surface area contributed by atoms with Crippen LogP contribution in [0.3, 0.4) is 0 Å². The summed E-state index contributed by atoms with van der Waals surface area (Å²) in [4.78, 5) is 0. The Bertz CT molecular complexity index is 387. The smallest absolute Gasteiger partial charge is 0.419 e. The van der Waals surface area contributed by atoms with E-state index in [1.54, 1.807) is 0 Å². The standard InChI is InChI=1S/C8H5ClF5NO/c9-8(13,14)16-6-2-1-4(15)3-5(6)7(10,11)12/h1-3H,15H2. The molecular weight excluding hydrogens is 257 g/mol. The Morgan fingerprint density at radius 2 is 1.69 bits per heavy atom. The molecule has 90 valence electrons. The Morgan fingerprint density at radius 1 is 1.12 bits per heavy atom. The Labute approximate surface area is 91.7 Å². The molecular formula is C8H5ClF5NO. The van der Waals surface area contributed by atoms with Crippen LogP contribution in [0.5, 0.6) is 5.75 Å². The Balaban J connectivity index is 3.19. The van der Waals surface area contributed by atoms with Gasteiger partial charge in [-0.05, 0) is 18.2 Å². The molecule has 0 bridgehead atoms. The molecule has 0 aromatic heterocycles. The molecule has 0 unspecified atom stereocenters. The van der Waals surface area contributed by atoms with Crippen molar-refractivity contribution in [1.82, 2.24) is 0 Å². The quantitative estimate of drug-likeness (QED) is 0.503. The number of hydrogen-bond acceptors (Lipinski definition) is 2. The second-order valence-corrected chi connectivity index (χ2v) is 3.24. The summed E-state index contributed by atoms with van der Waals surface area (Å²) in [6.45, 7) is 0. The first-order valence-corrected chi connectivity index (χ1v) is 4.20. The number of hydrogen-bond donors (Lipinski definition) is 1. The monoisotopic (exact) mass is 261 g/mol. The summed E-state index contributed by atoms with van der Waals surface area (Å²) in [5, 5.41) is 0. The van der Waals surface area contributed by atoms with E-state index in [0.29, 0.717) is 12.1 Å². The summed E-state index contributed by atoms with van der Waals surface area (Å²) < 4.78 is 65.3. The zero-order valence-electron chi connectivity index (χ0n) is 7.49. The average Bonchev–Trinajstić information content (AvgIpc) is 2.04. The lowest BCUT2D eigenvalue weighted by atomic mass is 10.1. The van der Waals surface area contributed by atoms with Crippen LogP contribution >= 0.6 is 11.6 Å². The third-order valence-electron chi connectivity index (χ3n) is 1.53. The molecule has 0 aliphatic heterocycles. The van der Waals surface area contributed by atoms with Gasteiger partial charge in [-0.1, -0.05) is 0 Å². The number of nitrogens with two attached hydrogens (primary N) is 1. The predicted octanol–water partition coefficient (Wildman–Crippen LogP) is 3.46. The van der Waals surface area contributed by atoms with Crippen LogP contribution in [0.2, 0.25) is 0 Å². The normalized spacial score (nSPS) is 12.6. The summed E-state index contributed by atoms with van der Waals surface area (Å²) >= 11 is 4.38. The first-order valence-electron chi connectivity index (χ1n) is 3.82. The van der Waals surface area contributed by atoms with Crippen molar-refractivity contribution < 1.29 is 26.7 Å². The fourth-order valence-corrected chi connectivity index (χ4v) is 1.07. The number of anilines is 1. The molecule has 1 rings (SSSR count).